The van der Waals surface area contributed by atoms with Gasteiger partial charge in [-0.2, -0.15) is 0 Å². The van der Waals surface area contributed by atoms with E-state index < -0.39 is 0 Å². The zero-order valence-electron chi connectivity index (χ0n) is 14.1. The van der Waals surface area contributed by atoms with Crippen LogP contribution >= 0.6 is 22.6 Å². The molecule has 0 aromatic heterocycles. The van der Waals surface area contributed by atoms with Gasteiger partial charge in [0.15, 0.2) is 0 Å². The molecule has 128 valence electrons. The lowest BCUT2D eigenvalue weighted by Crippen LogP contribution is -2.27. The molecule has 0 saturated heterocycles. The van der Waals surface area contributed by atoms with Crippen molar-refractivity contribution in [3.8, 4) is 5.75 Å². The van der Waals surface area contributed by atoms with Crippen molar-refractivity contribution in [1.82, 2.24) is 4.90 Å². The first-order valence-electron chi connectivity index (χ1n) is 8.14. The highest BCUT2D eigenvalue weighted by Gasteiger charge is 2.06. The van der Waals surface area contributed by atoms with Crippen LogP contribution in [0.2, 0.25) is 0 Å². The van der Waals surface area contributed by atoms with Crippen LogP contribution in [0.5, 0.6) is 5.75 Å². The summed E-state index contributed by atoms with van der Waals surface area (Å²) in [6.07, 6.45) is 0. The average molecular weight is 438 g/mol. The zero-order chi connectivity index (χ0) is 17.4. The van der Waals surface area contributed by atoms with Gasteiger partial charge in [-0.25, -0.2) is 0 Å². The number of anilines is 1. The van der Waals surface area contributed by atoms with Gasteiger partial charge in [-0.1, -0.05) is 13.8 Å². The lowest BCUT2D eigenvalue weighted by Gasteiger charge is -2.18. The number of halogens is 1. The molecule has 0 aliphatic rings. The van der Waals surface area contributed by atoms with Crippen molar-refractivity contribution in [3.05, 3.63) is 57.7 Å². The molecule has 0 atom stereocenters. The van der Waals surface area contributed by atoms with E-state index >= 15 is 0 Å². The maximum absolute atomic E-state index is 12.2. The summed E-state index contributed by atoms with van der Waals surface area (Å²) in [5, 5.41) is 2.89. The number of carbonyl (C=O) groups is 1. The number of likely N-dealkylation sites (N-methyl/N-ethyl adjacent to an activating group) is 1. The molecule has 0 radical (unpaired) electrons. The van der Waals surface area contributed by atoms with Gasteiger partial charge in [0.2, 0.25) is 0 Å². The highest BCUT2D eigenvalue weighted by atomic mass is 127. The first-order chi connectivity index (χ1) is 11.6. The highest BCUT2D eigenvalue weighted by molar-refractivity contribution is 14.1. The number of amides is 1. The molecule has 0 saturated carbocycles. The van der Waals surface area contributed by atoms with Crippen molar-refractivity contribution in [2.75, 3.05) is 31.6 Å². The monoisotopic (exact) mass is 438 g/mol. The van der Waals surface area contributed by atoms with E-state index in [0.717, 1.165) is 34.6 Å². The van der Waals surface area contributed by atoms with Crippen molar-refractivity contribution in [3.63, 3.8) is 0 Å². The Balaban J connectivity index is 1.85. The molecule has 1 N–H and O–H groups in total. The minimum atomic E-state index is -0.110. The molecule has 0 spiro atoms. The molecule has 0 aliphatic heterocycles. The summed E-state index contributed by atoms with van der Waals surface area (Å²) in [4.78, 5) is 14.5. The Morgan fingerprint density at radius 2 is 1.67 bits per heavy atom. The quantitative estimate of drug-likeness (QED) is 0.627. The summed E-state index contributed by atoms with van der Waals surface area (Å²) < 4.78 is 6.85. The zero-order valence-corrected chi connectivity index (χ0v) is 16.2. The van der Waals surface area contributed by atoms with Crippen LogP contribution in [0, 0.1) is 3.57 Å². The molecule has 0 heterocycles. The van der Waals surface area contributed by atoms with E-state index in [9.17, 15) is 4.79 Å². The van der Waals surface area contributed by atoms with Gasteiger partial charge >= 0.3 is 0 Å². The molecule has 2 aromatic rings. The normalized spacial score (nSPS) is 10.7. The third-order valence-electron chi connectivity index (χ3n) is 3.79. The van der Waals surface area contributed by atoms with Crippen molar-refractivity contribution in [2.24, 2.45) is 0 Å². The van der Waals surface area contributed by atoms with Crippen LogP contribution in [0.1, 0.15) is 24.2 Å². The van der Waals surface area contributed by atoms with Crippen LogP contribution in [-0.2, 0) is 0 Å². The van der Waals surface area contributed by atoms with Gasteiger partial charge in [0.1, 0.15) is 12.4 Å². The molecule has 24 heavy (non-hydrogen) atoms. The Morgan fingerprint density at radius 1 is 1.04 bits per heavy atom. The summed E-state index contributed by atoms with van der Waals surface area (Å²) in [6, 6.07) is 15.0. The van der Waals surface area contributed by atoms with Gasteiger partial charge in [0.25, 0.3) is 5.91 Å². The van der Waals surface area contributed by atoms with Crippen LogP contribution in [0.4, 0.5) is 5.69 Å². The highest BCUT2D eigenvalue weighted by Crippen LogP contribution is 2.17. The Kier molecular flexibility index (Phi) is 7.52. The van der Waals surface area contributed by atoms with Gasteiger partial charge in [0.05, 0.1) is 0 Å². The predicted octanol–water partition coefficient (Wildman–Crippen LogP) is 4.26. The van der Waals surface area contributed by atoms with Crippen molar-refractivity contribution >= 4 is 34.2 Å². The predicted molar refractivity (Wildman–Crippen MR) is 107 cm³/mol. The fraction of sp³-hybridized carbons (Fsp3) is 0.316. The number of rotatable bonds is 8. The fourth-order valence-electron chi connectivity index (χ4n) is 2.27. The largest absolute Gasteiger partial charge is 0.492 e. The van der Waals surface area contributed by atoms with E-state index in [1.54, 1.807) is 0 Å². The summed E-state index contributed by atoms with van der Waals surface area (Å²) in [6.45, 7) is 7.93. The molecule has 4 nitrogen and oxygen atoms in total. The van der Waals surface area contributed by atoms with E-state index in [-0.39, 0.29) is 5.91 Å². The molecular weight excluding hydrogens is 415 g/mol. The van der Waals surface area contributed by atoms with Gasteiger partial charge < -0.3 is 15.0 Å². The Labute approximate surface area is 157 Å². The van der Waals surface area contributed by atoms with Crippen LogP contribution in [0.3, 0.4) is 0 Å². The lowest BCUT2D eigenvalue weighted by atomic mass is 10.2. The summed E-state index contributed by atoms with van der Waals surface area (Å²) in [5.74, 6) is 0.705. The fourth-order valence-corrected chi connectivity index (χ4v) is 2.63. The minimum Gasteiger partial charge on any atom is -0.492 e. The Morgan fingerprint density at radius 3 is 2.25 bits per heavy atom. The number of carbonyl (C=O) groups excluding carboxylic acids is 1. The topological polar surface area (TPSA) is 41.6 Å². The SMILES string of the molecule is CCN(CC)CCOc1ccc(NC(=O)c2ccc(I)cc2)cc1. The van der Waals surface area contributed by atoms with Crippen molar-refractivity contribution < 1.29 is 9.53 Å². The standard InChI is InChI=1S/C19H23IN2O2/c1-3-22(4-2)13-14-24-18-11-9-17(10-12-18)21-19(23)15-5-7-16(20)8-6-15/h5-12H,3-4,13-14H2,1-2H3,(H,21,23). The van der Waals surface area contributed by atoms with E-state index in [0.29, 0.717) is 12.2 Å². The number of nitrogens with one attached hydrogen (secondary N) is 1. The molecular formula is C19H23IN2O2. The number of hydrogen-bond acceptors (Lipinski definition) is 3. The Bertz CT molecular complexity index is 637. The Hall–Kier alpha value is -1.60. The molecule has 1 amide bonds. The van der Waals surface area contributed by atoms with Crippen LogP contribution in [0.25, 0.3) is 0 Å². The molecule has 0 unspecified atom stereocenters. The number of ether oxygens (including phenoxy) is 1. The van der Waals surface area contributed by atoms with Gasteiger partial charge in [-0.15, -0.1) is 0 Å². The molecule has 0 bridgehead atoms. The second-order valence-corrected chi connectivity index (χ2v) is 6.61. The summed E-state index contributed by atoms with van der Waals surface area (Å²) >= 11 is 2.22. The first-order valence-corrected chi connectivity index (χ1v) is 9.22. The van der Waals surface area contributed by atoms with Crippen molar-refractivity contribution in [1.29, 1.82) is 0 Å². The third-order valence-corrected chi connectivity index (χ3v) is 4.51. The molecule has 2 aromatic carbocycles. The van der Waals surface area contributed by atoms with E-state index in [1.165, 1.54) is 0 Å². The first kappa shape index (κ1) is 18.7. The number of hydrogen-bond donors (Lipinski definition) is 1. The van der Waals surface area contributed by atoms with Gasteiger partial charge in [-0.05, 0) is 84.2 Å². The second kappa shape index (κ2) is 9.64. The summed E-state index contributed by atoms with van der Waals surface area (Å²) in [5.41, 5.74) is 1.41. The molecule has 0 fully saturated rings. The lowest BCUT2D eigenvalue weighted by molar-refractivity contribution is 0.102. The smallest absolute Gasteiger partial charge is 0.255 e. The van der Waals surface area contributed by atoms with Gasteiger partial charge in [-0.3, -0.25) is 4.79 Å². The molecule has 2 rings (SSSR count). The summed E-state index contributed by atoms with van der Waals surface area (Å²) in [7, 11) is 0. The van der Waals surface area contributed by atoms with E-state index in [2.05, 4.69) is 46.7 Å². The van der Waals surface area contributed by atoms with E-state index in [4.69, 9.17) is 4.74 Å². The maximum atomic E-state index is 12.2. The number of benzene rings is 2. The number of nitrogens with zero attached hydrogens (tertiary/aromatic N) is 1. The van der Waals surface area contributed by atoms with Crippen LogP contribution in [-0.4, -0.2) is 37.0 Å². The van der Waals surface area contributed by atoms with Crippen LogP contribution in [0.15, 0.2) is 48.5 Å². The minimum absolute atomic E-state index is 0.110. The average Bonchev–Trinajstić information content (AvgIpc) is 2.60. The third kappa shape index (κ3) is 5.79. The van der Waals surface area contributed by atoms with Crippen LogP contribution < -0.4 is 10.1 Å². The van der Waals surface area contributed by atoms with Crippen molar-refractivity contribution in [2.45, 2.75) is 13.8 Å². The second-order valence-electron chi connectivity index (χ2n) is 5.36. The maximum Gasteiger partial charge on any atom is 0.255 e. The van der Waals surface area contributed by atoms with E-state index in [1.807, 2.05) is 48.5 Å². The molecule has 0 aliphatic carbocycles. The molecule has 5 heteroatoms. The van der Waals surface area contributed by atoms with Gasteiger partial charge in [0, 0.05) is 21.4 Å².